The summed E-state index contributed by atoms with van der Waals surface area (Å²) >= 11 is 0. The lowest BCUT2D eigenvalue weighted by molar-refractivity contribution is 0.0601. The van der Waals surface area contributed by atoms with Crippen molar-refractivity contribution in [3.05, 3.63) is 47.5 Å². The molecule has 1 aliphatic heterocycles. The predicted molar refractivity (Wildman–Crippen MR) is 95.3 cm³/mol. The number of rotatable bonds is 7. The van der Waals surface area contributed by atoms with Crippen LogP contribution in [0.15, 0.2) is 36.4 Å². The highest BCUT2D eigenvalue weighted by atomic mass is 16.2. The second kappa shape index (κ2) is 7.11. The first-order valence-corrected chi connectivity index (χ1v) is 8.34. The smallest absolute Gasteiger partial charge is 0.261 e. The molecule has 2 N–H and O–H groups in total. The van der Waals surface area contributed by atoms with Crippen LogP contribution in [-0.4, -0.2) is 50.4 Å². The average molecular weight is 325 g/mol. The first kappa shape index (κ1) is 16.6. The Morgan fingerprint density at radius 2 is 1.46 bits per heavy atom. The van der Waals surface area contributed by atoms with E-state index in [0.29, 0.717) is 23.6 Å². The molecule has 0 bridgehead atoms. The molecule has 126 valence electrons. The minimum absolute atomic E-state index is 0.183. The molecule has 24 heavy (non-hydrogen) atoms. The van der Waals surface area contributed by atoms with E-state index < -0.39 is 0 Å². The van der Waals surface area contributed by atoms with Crippen LogP contribution in [0.4, 0.5) is 0 Å². The van der Waals surface area contributed by atoms with E-state index in [-0.39, 0.29) is 11.8 Å². The molecule has 0 radical (unpaired) electrons. The van der Waals surface area contributed by atoms with Crippen LogP contribution in [0.5, 0.6) is 0 Å². The SMILES string of the molecule is CNCC(CCN1C(=O)c2cccc3cccc(c23)C1=O)CNC. The molecular formula is C19H23N3O2. The van der Waals surface area contributed by atoms with Crippen molar-refractivity contribution >= 4 is 22.6 Å². The zero-order valence-corrected chi connectivity index (χ0v) is 14.1. The second-order valence-corrected chi connectivity index (χ2v) is 6.24. The lowest BCUT2D eigenvalue weighted by Gasteiger charge is -2.28. The van der Waals surface area contributed by atoms with Gasteiger partial charge in [-0.25, -0.2) is 0 Å². The van der Waals surface area contributed by atoms with E-state index in [1.165, 1.54) is 4.90 Å². The van der Waals surface area contributed by atoms with Crippen molar-refractivity contribution in [2.75, 3.05) is 33.7 Å². The summed E-state index contributed by atoms with van der Waals surface area (Å²) in [5.74, 6) is 0.00231. The summed E-state index contributed by atoms with van der Waals surface area (Å²) in [4.78, 5) is 27.0. The molecule has 2 amide bonds. The highest BCUT2D eigenvalue weighted by Crippen LogP contribution is 2.30. The van der Waals surface area contributed by atoms with Crippen LogP contribution in [0, 0.1) is 5.92 Å². The van der Waals surface area contributed by atoms with E-state index >= 15 is 0 Å². The van der Waals surface area contributed by atoms with Gasteiger partial charge in [-0.05, 0) is 57.0 Å². The van der Waals surface area contributed by atoms with Crippen LogP contribution >= 0.6 is 0 Å². The van der Waals surface area contributed by atoms with Crippen molar-refractivity contribution in [2.24, 2.45) is 5.92 Å². The molecule has 0 saturated carbocycles. The number of hydrogen-bond donors (Lipinski definition) is 2. The number of nitrogens with zero attached hydrogens (tertiary/aromatic N) is 1. The number of nitrogens with one attached hydrogen (secondary N) is 2. The Bertz CT molecular complexity index is 716. The minimum atomic E-state index is -0.183. The van der Waals surface area contributed by atoms with Crippen LogP contribution < -0.4 is 10.6 Å². The summed E-state index contributed by atoms with van der Waals surface area (Å²) in [7, 11) is 3.83. The zero-order chi connectivity index (χ0) is 17.1. The molecule has 0 atom stereocenters. The fourth-order valence-corrected chi connectivity index (χ4v) is 3.45. The number of carbonyl (C=O) groups is 2. The van der Waals surface area contributed by atoms with Gasteiger partial charge in [0.05, 0.1) is 0 Å². The van der Waals surface area contributed by atoms with Crippen molar-refractivity contribution in [3.63, 3.8) is 0 Å². The topological polar surface area (TPSA) is 61.4 Å². The third-order valence-electron chi connectivity index (χ3n) is 4.60. The summed E-state index contributed by atoms with van der Waals surface area (Å²) in [5.41, 5.74) is 1.25. The molecule has 5 nitrogen and oxygen atoms in total. The van der Waals surface area contributed by atoms with Crippen LogP contribution in [0.1, 0.15) is 27.1 Å². The van der Waals surface area contributed by atoms with Gasteiger partial charge in [-0.15, -0.1) is 0 Å². The van der Waals surface area contributed by atoms with E-state index in [9.17, 15) is 9.59 Å². The minimum Gasteiger partial charge on any atom is -0.319 e. The lowest BCUT2D eigenvalue weighted by atomic mass is 9.93. The van der Waals surface area contributed by atoms with Gasteiger partial charge in [0, 0.05) is 23.1 Å². The van der Waals surface area contributed by atoms with Gasteiger partial charge in [0.1, 0.15) is 0 Å². The second-order valence-electron chi connectivity index (χ2n) is 6.24. The monoisotopic (exact) mass is 325 g/mol. The molecule has 1 aliphatic rings. The van der Waals surface area contributed by atoms with Gasteiger partial charge in [-0.1, -0.05) is 24.3 Å². The maximum atomic E-state index is 12.8. The Hall–Kier alpha value is -2.24. The zero-order valence-electron chi connectivity index (χ0n) is 14.1. The Morgan fingerprint density at radius 3 is 1.96 bits per heavy atom. The fraction of sp³-hybridized carbons (Fsp3) is 0.368. The fourth-order valence-electron chi connectivity index (χ4n) is 3.45. The molecule has 0 aromatic heterocycles. The van der Waals surface area contributed by atoms with Crippen molar-refractivity contribution in [3.8, 4) is 0 Å². The van der Waals surface area contributed by atoms with E-state index in [1.807, 2.05) is 50.5 Å². The molecule has 0 fully saturated rings. The number of imide groups is 1. The van der Waals surface area contributed by atoms with Gasteiger partial charge in [-0.2, -0.15) is 0 Å². The summed E-state index contributed by atoms with van der Waals surface area (Å²) < 4.78 is 0. The van der Waals surface area contributed by atoms with Crippen molar-refractivity contribution in [2.45, 2.75) is 6.42 Å². The average Bonchev–Trinajstić information content (AvgIpc) is 2.59. The molecule has 0 unspecified atom stereocenters. The molecule has 2 aromatic carbocycles. The highest BCUT2D eigenvalue weighted by Gasteiger charge is 2.32. The Morgan fingerprint density at radius 1 is 0.917 bits per heavy atom. The van der Waals surface area contributed by atoms with Gasteiger partial charge in [0.15, 0.2) is 0 Å². The van der Waals surface area contributed by atoms with E-state index in [2.05, 4.69) is 10.6 Å². The van der Waals surface area contributed by atoms with E-state index in [1.54, 1.807) is 0 Å². The standard InChI is InChI=1S/C19H23N3O2/c1-20-11-13(12-21-2)9-10-22-18(23)15-7-3-5-14-6-4-8-16(17(14)15)19(22)24/h3-8,13,20-21H,9-12H2,1-2H3. The first-order valence-electron chi connectivity index (χ1n) is 8.34. The van der Waals surface area contributed by atoms with Crippen LogP contribution in [0.2, 0.25) is 0 Å². The molecule has 0 aliphatic carbocycles. The quantitative estimate of drug-likeness (QED) is 0.763. The summed E-state index contributed by atoms with van der Waals surface area (Å²) in [5, 5.41) is 8.06. The van der Waals surface area contributed by atoms with Gasteiger partial charge in [-0.3, -0.25) is 14.5 Å². The third kappa shape index (κ3) is 2.92. The molecule has 5 heteroatoms. The normalized spacial score (nSPS) is 14.0. The predicted octanol–water partition coefficient (Wildman–Crippen LogP) is 1.88. The van der Waals surface area contributed by atoms with E-state index in [4.69, 9.17) is 0 Å². The molecule has 2 aromatic rings. The lowest BCUT2D eigenvalue weighted by Crippen LogP contribution is -2.42. The van der Waals surface area contributed by atoms with Crippen molar-refractivity contribution in [1.29, 1.82) is 0 Å². The third-order valence-corrected chi connectivity index (χ3v) is 4.60. The molecule has 0 spiro atoms. The van der Waals surface area contributed by atoms with Crippen LogP contribution in [0.3, 0.4) is 0 Å². The number of benzene rings is 2. The summed E-state index contributed by atoms with van der Waals surface area (Å²) in [6.07, 6.45) is 0.775. The maximum absolute atomic E-state index is 12.8. The maximum Gasteiger partial charge on any atom is 0.261 e. The summed E-state index contributed by atoms with van der Waals surface area (Å²) in [6.45, 7) is 2.14. The Balaban J connectivity index is 1.87. The van der Waals surface area contributed by atoms with Crippen molar-refractivity contribution in [1.82, 2.24) is 15.5 Å². The van der Waals surface area contributed by atoms with Crippen LogP contribution in [-0.2, 0) is 0 Å². The van der Waals surface area contributed by atoms with Crippen molar-refractivity contribution < 1.29 is 9.59 Å². The number of carbonyl (C=O) groups excluding carboxylic acids is 2. The number of hydrogen-bond acceptors (Lipinski definition) is 4. The van der Waals surface area contributed by atoms with E-state index in [0.717, 1.165) is 30.3 Å². The molecular weight excluding hydrogens is 302 g/mol. The molecule has 1 heterocycles. The summed E-state index contributed by atoms with van der Waals surface area (Å²) in [6, 6.07) is 11.2. The van der Waals surface area contributed by atoms with Gasteiger partial charge in [0.25, 0.3) is 11.8 Å². The van der Waals surface area contributed by atoms with Gasteiger partial charge >= 0.3 is 0 Å². The molecule has 0 saturated heterocycles. The molecule has 3 rings (SSSR count). The Kier molecular flexibility index (Phi) is 4.92. The van der Waals surface area contributed by atoms with Gasteiger partial charge in [0.2, 0.25) is 0 Å². The number of amides is 2. The first-order chi connectivity index (χ1) is 11.7. The van der Waals surface area contributed by atoms with Crippen LogP contribution in [0.25, 0.3) is 10.8 Å². The Labute approximate surface area is 142 Å². The largest absolute Gasteiger partial charge is 0.319 e. The van der Waals surface area contributed by atoms with Gasteiger partial charge < -0.3 is 10.6 Å². The highest BCUT2D eigenvalue weighted by molar-refractivity contribution is 6.25.